The van der Waals surface area contributed by atoms with Crippen LogP contribution in [-0.2, 0) is 27.3 Å². The van der Waals surface area contributed by atoms with Crippen LogP contribution in [0.15, 0.2) is 54.7 Å². The molecule has 1 unspecified atom stereocenters. The van der Waals surface area contributed by atoms with Crippen molar-refractivity contribution in [1.29, 1.82) is 0 Å². The summed E-state index contributed by atoms with van der Waals surface area (Å²) in [5.41, 5.74) is 3.09. The molecule has 1 aliphatic heterocycles. The summed E-state index contributed by atoms with van der Waals surface area (Å²) in [6.07, 6.45) is 2.60. The third-order valence-corrected chi connectivity index (χ3v) is 6.42. The first-order chi connectivity index (χ1) is 17.0. The fourth-order valence-electron chi connectivity index (χ4n) is 4.57. The van der Waals surface area contributed by atoms with Gasteiger partial charge in [0.05, 0.1) is 32.9 Å². The molecule has 0 saturated carbocycles. The summed E-state index contributed by atoms with van der Waals surface area (Å²) in [7, 11) is 1.63. The van der Waals surface area contributed by atoms with Crippen molar-refractivity contribution in [3.05, 3.63) is 65.9 Å². The Hall–Kier alpha value is -3.36. The molecule has 1 atom stereocenters. The molecule has 2 amide bonds. The van der Waals surface area contributed by atoms with Crippen LogP contribution in [0, 0.1) is 0 Å². The number of rotatable bonds is 10. The first kappa shape index (κ1) is 24.8. The summed E-state index contributed by atoms with van der Waals surface area (Å²) in [5, 5.41) is 4.33. The minimum Gasteiger partial charge on any atom is -0.496 e. The number of nitrogens with one attached hydrogen (secondary N) is 2. The molecule has 3 aromatic rings. The van der Waals surface area contributed by atoms with Crippen molar-refractivity contribution < 1.29 is 19.1 Å². The van der Waals surface area contributed by atoms with Gasteiger partial charge in [-0.05, 0) is 24.1 Å². The van der Waals surface area contributed by atoms with Crippen molar-refractivity contribution >= 4 is 22.7 Å². The van der Waals surface area contributed by atoms with E-state index >= 15 is 0 Å². The fourth-order valence-corrected chi connectivity index (χ4v) is 4.57. The van der Waals surface area contributed by atoms with Gasteiger partial charge >= 0.3 is 0 Å². The molecule has 1 aromatic heterocycles. The molecule has 2 N–H and O–H groups in total. The average Bonchev–Trinajstić information content (AvgIpc) is 3.27. The number of hydrogen-bond donors (Lipinski definition) is 2. The zero-order chi connectivity index (χ0) is 24.6. The highest BCUT2D eigenvalue weighted by atomic mass is 16.5. The molecule has 8 heteroatoms. The van der Waals surface area contributed by atoms with E-state index in [1.165, 1.54) is 0 Å². The molecule has 2 heterocycles. The van der Waals surface area contributed by atoms with Crippen LogP contribution in [0.1, 0.15) is 18.1 Å². The van der Waals surface area contributed by atoms with E-state index in [1.807, 2.05) is 48.7 Å². The Bertz CT molecular complexity index is 1140. The van der Waals surface area contributed by atoms with E-state index in [2.05, 4.69) is 21.3 Å². The Labute approximate surface area is 206 Å². The molecular weight excluding hydrogens is 444 g/mol. The molecule has 2 aromatic carbocycles. The van der Waals surface area contributed by atoms with E-state index in [9.17, 15) is 9.59 Å². The third kappa shape index (κ3) is 6.61. The summed E-state index contributed by atoms with van der Waals surface area (Å²) in [4.78, 5) is 32.8. The van der Waals surface area contributed by atoms with Gasteiger partial charge in [-0.1, -0.05) is 36.4 Å². The monoisotopic (exact) mass is 478 g/mol. The quantitative estimate of drug-likeness (QED) is 0.468. The van der Waals surface area contributed by atoms with Crippen molar-refractivity contribution in [3.63, 3.8) is 0 Å². The van der Waals surface area contributed by atoms with Gasteiger partial charge in [-0.3, -0.25) is 14.5 Å². The molecular formula is C27H34N4O4. The number of morpholine rings is 1. The number of amides is 2. The largest absolute Gasteiger partial charge is 0.496 e. The summed E-state index contributed by atoms with van der Waals surface area (Å²) in [6.45, 7) is 5.45. The van der Waals surface area contributed by atoms with E-state index in [0.29, 0.717) is 39.3 Å². The van der Waals surface area contributed by atoms with E-state index in [-0.39, 0.29) is 17.9 Å². The second kappa shape index (κ2) is 11.9. The number of carbonyl (C=O) groups is 2. The predicted molar refractivity (Wildman–Crippen MR) is 135 cm³/mol. The Balaban J connectivity index is 1.52. The zero-order valence-electron chi connectivity index (χ0n) is 20.5. The van der Waals surface area contributed by atoms with Crippen LogP contribution < -0.4 is 10.1 Å². The van der Waals surface area contributed by atoms with Crippen LogP contribution in [0.5, 0.6) is 5.75 Å². The lowest BCUT2D eigenvalue weighted by Crippen LogP contribution is -2.50. The van der Waals surface area contributed by atoms with Crippen molar-refractivity contribution in [2.24, 2.45) is 0 Å². The molecule has 0 spiro atoms. The number of H-pyrrole nitrogens is 1. The topological polar surface area (TPSA) is 86.9 Å². The van der Waals surface area contributed by atoms with Crippen LogP contribution in [0.4, 0.5) is 0 Å². The number of para-hydroxylation sites is 2. The number of carbonyl (C=O) groups excluding carboxylic acids is 2. The standard InChI is InChI=1S/C27H34N4O4/c1-20(32)31(17-21-7-3-6-10-26(21)34-2)18-23(29-27(33)19-30-11-13-35-14-12-30)15-22-16-28-25-9-5-4-8-24(22)25/h3-10,16,23,28H,11-15,17-19H2,1-2H3,(H,29,33). The Morgan fingerprint density at radius 2 is 1.86 bits per heavy atom. The third-order valence-electron chi connectivity index (χ3n) is 6.42. The van der Waals surface area contributed by atoms with Gasteiger partial charge in [0.25, 0.3) is 0 Å². The van der Waals surface area contributed by atoms with E-state index in [4.69, 9.17) is 9.47 Å². The van der Waals surface area contributed by atoms with E-state index in [1.54, 1.807) is 18.9 Å². The maximum atomic E-state index is 13.0. The molecule has 35 heavy (non-hydrogen) atoms. The second-order valence-corrected chi connectivity index (χ2v) is 8.93. The lowest BCUT2D eigenvalue weighted by molar-refractivity contribution is -0.131. The van der Waals surface area contributed by atoms with Crippen LogP contribution >= 0.6 is 0 Å². The first-order valence-electron chi connectivity index (χ1n) is 12.1. The minimum atomic E-state index is -0.249. The number of nitrogens with zero attached hydrogens (tertiary/aromatic N) is 2. The number of ether oxygens (including phenoxy) is 2. The molecule has 1 aliphatic rings. The second-order valence-electron chi connectivity index (χ2n) is 8.93. The molecule has 0 aliphatic carbocycles. The van der Waals surface area contributed by atoms with Gasteiger partial charge < -0.3 is 24.7 Å². The van der Waals surface area contributed by atoms with Crippen LogP contribution in [0.25, 0.3) is 10.9 Å². The number of benzene rings is 2. The number of hydrogen-bond acceptors (Lipinski definition) is 5. The highest BCUT2D eigenvalue weighted by molar-refractivity contribution is 5.83. The van der Waals surface area contributed by atoms with Gasteiger partial charge in [-0.15, -0.1) is 0 Å². The van der Waals surface area contributed by atoms with Gasteiger partial charge in [0.1, 0.15) is 5.75 Å². The first-order valence-corrected chi connectivity index (χ1v) is 12.1. The smallest absolute Gasteiger partial charge is 0.234 e. The SMILES string of the molecule is COc1ccccc1CN(CC(Cc1c[nH]c2ccccc12)NC(=O)CN1CCOCC1)C(C)=O. The molecule has 4 rings (SSSR count). The molecule has 186 valence electrons. The molecule has 1 fully saturated rings. The number of methoxy groups -OCH3 is 1. The number of aromatic amines is 1. The summed E-state index contributed by atoms with van der Waals surface area (Å²) in [6, 6.07) is 15.6. The summed E-state index contributed by atoms with van der Waals surface area (Å²) in [5.74, 6) is 0.642. The van der Waals surface area contributed by atoms with Crippen molar-refractivity contribution in [2.75, 3.05) is 46.5 Å². The fraction of sp³-hybridized carbons (Fsp3) is 0.407. The lowest BCUT2D eigenvalue weighted by Gasteiger charge is -2.30. The maximum absolute atomic E-state index is 13.0. The van der Waals surface area contributed by atoms with Crippen LogP contribution in [0.2, 0.25) is 0 Å². The minimum absolute atomic E-state index is 0.0439. The maximum Gasteiger partial charge on any atom is 0.234 e. The summed E-state index contributed by atoms with van der Waals surface area (Å²) >= 11 is 0. The average molecular weight is 479 g/mol. The van der Waals surface area contributed by atoms with Crippen LogP contribution in [-0.4, -0.2) is 79.1 Å². The van der Waals surface area contributed by atoms with E-state index < -0.39 is 0 Å². The van der Waals surface area contributed by atoms with Crippen molar-refractivity contribution in [1.82, 2.24) is 20.1 Å². The van der Waals surface area contributed by atoms with Crippen molar-refractivity contribution in [2.45, 2.75) is 25.9 Å². The van der Waals surface area contributed by atoms with Crippen LogP contribution in [0.3, 0.4) is 0 Å². The van der Waals surface area contributed by atoms with Gasteiger partial charge in [-0.25, -0.2) is 0 Å². The van der Waals surface area contributed by atoms with Gasteiger partial charge in [0.2, 0.25) is 11.8 Å². The van der Waals surface area contributed by atoms with Gasteiger partial charge in [0, 0.05) is 55.8 Å². The highest BCUT2D eigenvalue weighted by Gasteiger charge is 2.23. The van der Waals surface area contributed by atoms with E-state index in [0.717, 1.165) is 40.9 Å². The Morgan fingerprint density at radius 3 is 2.63 bits per heavy atom. The molecule has 0 bridgehead atoms. The summed E-state index contributed by atoms with van der Waals surface area (Å²) < 4.78 is 10.9. The molecule has 1 saturated heterocycles. The lowest BCUT2D eigenvalue weighted by atomic mass is 10.0. The Kier molecular flexibility index (Phi) is 8.39. The predicted octanol–water partition coefficient (Wildman–Crippen LogP) is 2.58. The Morgan fingerprint density at radius 1 is 1.11 bits per heavy atom. The van der Waals surface area contributed by atoms with Crippen molar-refractivity contribution in [3.8, 4) is 5.75 Å². The van der Waals surface area contributed by atoms with Gasteiger partial charge in [0.15, 0.2) is 0 Å². The number of aromatic nitrogens is 1. The molecule has 0 radical (unpaired) electrons. The zero-order valence-corrected chi connectivity index (χ0v) is 20.5. The molecule has 8 nitrogen and oxygen atoms in total. The van der Waals surface area contributed by atoms with Gasteiger partial charge in [-0.2, -0.15) is 0 Å². The number of fused-ring (bicyclic) bond motifs is 1. The normalized spacial score (nSPS) is 15.0. The highest BCUT2D eigenvalue weighted by Crippen LogP contribution is 2.22.